The molecule has 0 fully saturated rings. The second kappa shape index (κ2) is 7.06. The van der Waals surface area contributed by atoms with E-state index in [1.807, 2.05) is 0 Å². The summed E-state index contributed by atoms with van der Waals surface area (Å²) in [5.41, 5.74) is 0.835. The largest absolute Gasteiger partial charge is 0.464 e. The lowest BCUT2D eigenvalue weighted by Crippen LogP contribution is -2.10. The maximum atomic E-state index is 11.9. The van der Waals surface area contributed by atoms with Gasteiger partial charge in [0, 0.05) is 5.02 Å². The van der Waals surface area contributed by atoms with Crippen molar-refractivity contribution in [2.24, 2.45) is 5.16 Å². The molecule has 0 spiro atoms. The molecular formula is C15H13ClN2O5. The highest BCUT2D eigenvalue weighted by molar-refractivity contribution is 6.30. The van der Waals surface area contributed by atoms with Crippen LogP contribution in [0.1, 0.15) is 39.1 Å². The topological polar surface area (TPSA) is 91.0 Å². The Labute approximate surface area is 136 Å². The molecule has 0 amide bonds. The maximum Gasteiger partial charge on any atom is 0.365 e. The van der Waals surface area contributed by atoms with Gasteiger partial charge in [0.1, 0.15) is 5.76 Å². The number of esters is 1. The van der Waals surface area contributed by atoms with Crippen molar-refractivity contribution >= 4 is 29.3 Å². The van der Waals surface area contributed by atoms with Crippen LogP contribution < -0.4 is 0 Å². The van der Waals surface area contributed by atoms with Gasteiger partial charge in [0.05, 0.1) is 23.9 Å². The van der Waals surface area contributed by atoms with Gasteiger partial charge in [-0.2, -0.15) is 0 Å². The van der Waals surface area contributed by atoms with Crippen molar-refractivity contribution in [3.05, 3.63) is 51.9 Å². The number of benzene rings is 1. The smallest absolute Gasteiger partial charge is 0.365 e. The lowest BCUT2D eigenvalue weighted by Gasteiger charge is -2.02. The Morgan fingerprint density at radius 2 is 1.87 bits per heavy atom. The van der Waals surface area contributed by atoms with Crippen molar-refractivity contribution < 1.29 is 23.7 Å². The molecule has 0 saturated carbocycles. The third kappa shape index (κ3) is 3.75. The molecule has 1 heterocycles. The second-order valence-electron chi connectivity index (χ2n) is 4.52. The number of halogens is 1. The molecule has 0 bridgehead atoms. The zero-order valence-corrected chi connectivity index (χ0v) is 13.4. The van der Waals surface area contributed by atoms with E-state index in [4.69, 9.17) is 21.0 Å². The summed E-state index contributed by atoms with van der Waals surface area (Å²) in [5.74, 6) is -0.973. The van der Waals surface area contributed by atoms with Crippen LogP contribution in [0.25, 0.3) is 0 Å². The highest BCUT2D eigenvalue weighted by atomic mass is 35.5. The van der Waals surface area contributed by atoms with Crippen LogP contribution in [0.2, 0.25) is 5.02 Å². The summed E-state index contributed by atoms with van der Waals surface area (Å²) < 4.78 is 9.57. The van der Waals surface area contributed by atoms with Crippen molar-refractivity contribution in [2.45, 2.75) is 13.8 Å². The second-order valence-corrected chi connectivity index (χ2v) is 4.95. The van der Waals surface area contributed by atoms with Gasteiger partial charge in [0.25, 0.3) is 0 Å². The number of oxime groups is 1. The van der Waals surface area contributed by atoms with E-state index >= 15 is 0 Å². The zero-order chi connectivity index (χ0) is 17.0. The number of hydrogen-bond acceptors (Lipinski definition) is 7. The first-order chi connectivity index (χ1) is 10.9. The minimum absolute atomic E-state index is 0.0335. The monoisotopic (exact) mass is 336 g/mol. The summed E-state index contributed by atoms with van der Waals surface area (Å²) in [7, 11) is 1.23. The lowest BCUT2D eigenvalue weighted by atomic mass is 10.1. The molecule has 0 saturated heterocycles. The van der Waals surface area contributed by atoms with Crippen LogP contribution in [0.4, 0.5) is 0 Å². The molecule has 0 unspecified atom stereocenters. The molecule has 1 aromatic heterocycles. The number of rotatable bonds is 4. The SMILES string of the molecule is COC(=O)c1noc(C)c1C(C)=NOC(=O)c1ccc(Cl)cc1. The Morgan fingerprint density at radius 1 is 1.22 bits per heavy atom. The van der Waals surface area contributed by atoms with E-state index in [0.29, 0.717) is 21.9 Å². The fourth-order valence-corrected chi connectivity index (χ4v) is 1.95. The van der Waals surface area contributed by atoms with Crippen LogP contribution in [0, 0.1) is 6.92 Å². The molecule has 0 aliphatic rings. The highest BCUT2D eigenvalue weighted by Gasteiger charge is 2.23. The number of aryl methyl sites for hydroxylation is 1. The van der Waals surface area contributed by atoms with E-state index in [1.165, 1.54) is 19.2 Å². The summed E-state index contributed by atoms with van der Waals surface area (Å²) in [6.45, 7) is 3.16. The first kappa shape index (κ1) is 16.7. The Morgan fingerprint density at radius 3 is 2.48 bits per heavy atom. The average Bonchev–Trinajstić information content (AvgIpc) is 2.94. The lowest BCUT2D eigenvalue weighted by molar-refractivity contribution is 0.0516. The van der Waals surface area contributed by atoms with E-state index in [1.54, 1.807) is 26.0 Å². The van der Waals surface area contributed by atoms with Crippen LogP contribution in [0.15, 0.2) is 33.9 Å². The first-order valence-corrected chi connectivity index (χ1v) is 6.88. The van der Waals surface area contributed by atoms with Crippen molar-refractivity contribution in [3.63, 3.8) is 0 Å². The fourth-order valence-electron chi connectivity index (χ4n) is 1.83. The number of nitrogens with zero attached hydrogens (tertiary/aromatic N) is 2. The van der Waals surface area contributed by atoms with E-state index in [9.17, 15) is 9.59 Å². The van der Waals surface area contributed by atoms with Gasteiger partial charge < -0.3 is 14.1 Å². The van der Waals surface area contributed by atoms with Crippen LogP contribution in [-0.2, 0) is 9.57 Å². The number of methoxy groups -OCH3 is 1. The van der Waals surface area contributed by atoms with E-state index in [2.05, 4.69) is 15.0 Å². The normalized spacial score (nSPS) is 11.2. The van der Waals surface area contributed by atoms with Crippen LogP contribution >= 0.6 is 11.6 Å². The molecular weight excluding hydrogens is 324 g/mol. The van der Waals surface area contributed by atoms with Gasteiger partial charge in [-0.15, -0.1) is 0 Å². The third-order valence-electron chi connectivity index (χ3n) is 2.95. The number of hydrogen-bond donors (Lipinski definition) is 0. The summed E-state index contributed by atoms with van der Waals surface area (Å²) >= 11 is 5.75. The Balaban J connectivity index is 2.20. The molecule has 120 valence electrons. The van der Waals surface area contributed by atoms with Crippen LogP contribution in [0.3, 0.4) is 0 Å². The Hall–Kier alpha value is -2.67. The third-order valence-corrected chi connectivity index (χ3v) is 3.20. The Kier molecular flexibility index (Phi) is 5.13. The van der Waals surface area contributed by atoms with Gasteiger partial charge in [0.2, 0.25) is 5.69 Å². The molecule has 2 rings (SSSR count). The molecule has 2 aromatic rings. The van der Waals surface area contributed by atoms with E-state index in [-0.39, 0.29) is 11.4 Å². The van der Waals surface area contributed by atoms with E-state index < -0.39 is 11.9 Å². The van der Waals surface area contributed by atoms with Gasteiger partial charge >= 0.3 is 11.9 Å². The van der Waals surface area contributed by atoms with Crippen molar-refractivity contribution in [2.75, 3.05) is 7.11 Å². The maximum absolute atomic E-state index is 11.9. The van der Waals surface area contributed by atoms with Gasteiger partial charge in [-0.3, -0.25) is 0 Å². The number of carbonyl (C=O) groups is 2. The predicted octanol–water partition coefficient (Wildman–Crippen LogP) is 3.00. The van der Waals surface area contributed by atoms with Gasteiger partial charge in [0.15, 0.2) is 0 Å². The zero-order valence-electron chi connectivity index (χ0n) is 12.6. The quantitative estimate of drug-likeness (QED) is 0.369. The molecule has 23 heavy (non-hydrogen) atoms. The van der Waals surface area contributed by atoms with Gasteiger partial charge in [-0.05, 0) is 38.1 Å². The molecule has 0 atom stereocenters. The van der Waals surface area contributed by atoms with Crippen molar-refractivity contribution in [1.29, 1.82) is 0 Å². The van der Waals surface area contributed by atoms with Crippen molar-refractivity contribution in [3.8, 4) is 0 Å². The summed E-state index contributed by atoms with van der Waals surface area (Å²) in [4.78, 5) is 28.4. The number of carbonyl (C=O) groups excluding carboxylic acids is 2. The molecule has 1 aromatic carbocycles. The molecule has 0 aliphatic carbocycles. The minimum Gasteiger partial charge on any atom is -0.464 e. The van der Waals surface area contributed by atoms with Crippen LogP contribution in [-0.4, -0.2) is 29.9 Å². The molecule has 0 radical (unpaired) electrons. The number of aromatic nitrogens is 1. The van der Waals surface area contributed by atoms with Crippen LogP contribution in [0.5, 0.6) is 0 Å². The van der Waals surface area contributed by atoms with Crippen molar-refractivity contribution in [1.82, 2.24) is 5.16 Å². The Bertz CT molecular complexity index is 765. The van der Waals surface area contributed by atoms with Gasteiger partial charge in [-0.1, -0.05) is 21.9 Å². The minimum atomic E-state index is -0.671. The summed E-state index contributed by atoms with van der Waals surface area (Å²) in [6, 6.07) is 6.16. The van der Waals surface area contributed by atoms with Gasteiger partial charge in [-0.25, -0.2) is 9.59 Å². The standard InChI is InChI=1S/C15H13ClN2O5/c1-8(12-9(2)22-18-13(12)15(20)21-3)17-23-14(19)10-4-6-11(16)7-5-10/h4-7H,1-3H3. The first-order valence-electron chi connectivity index (χ1n) is 6.50. The molecule has 8 heteroatoms. The average molecular weight is 337 g/mol. The van der Waals surface area contributed by atoms with E-state index in [0.717, 1.165) is 0 Å². The predicted molar refractivity (Wildman–Crippen MR) is 81.7 cm³/mol. The fraction of sp³-hybridized carbons (Fsp3) is 0.200. The molecule has 7 nitrogen and oxygen atoms in total. The highest BCUT2D eigenvalue weighted by Crippen LogP contribution is 2.16. The summed E-state index contributed by atoms with van der Waals surface area (Å²) in [6.07, 6.45) is 0. The summed E-state index contributed by atoms with van der Waals surface area (Å²) in [5, 5.41) is 7.85. The molecule has 0 N–H and O–H groups in total. The number of ether oxygens (including phenoxy) is 1. The molecule has 0 aliphatic heterocycles.